The Morgan fingerprint density at radius 2 is 1.47 bits per heavy atom. The highest BCUT2D eigenvalue weighted by molar-refractivity contribution is 6.75. The van der Waals surface area contributed by atoms with Crippen LogP contribution in [0.25, 0.3) is 0 Å². The Labute approximate surface area is 105 Å². The summed E-state index contributed by atoms with van der Waals surface area (Å²) >= 11 is 0. The van der Waals surface area contributed by atoms with Crippen molar-refractivity contribution in [2.45, 2.75) is 27.2 Å². The van der Waals surface area contributed by atoms with Gasteiger partial charge in [0.05, 0.1) is 0 Å². The molecule has 0 radical (unpaired) electrons. The predicted molar refractivity (Wildman–Crippen MR) is 71.3 cm³/mol. The molecule has 0 fully saturated rings. The summed E-state index contributed by atoms with van der Waals surface area (Å²) in [4.78, 5) is 0. The maximum absolute atomic E-state index is 5.94. The maximum atomic E-state index is 5.94. The molecule has 1 aromatic rings. The Morgan fingerprint density at radius 3 is 1.94 bits per heavy atom. The molecule has 96 valence electrons. The molecule has 4 heteroatoms. The molecule has 0 N–H and O–H groups in total. The fourth-order valence-corrected chi connectivity index (χ4v) is 4.22. The van der Waals surface area contributed by atoms with Crippen molar-refractivity contribution in [3.8, 4) is 0 Å². The van der Waals surface area contributed by atoms with Gasteiger partial charge < -0.3 is 13.3 Å². The van der Waals surface area contributed by atoms with E-state index in [0.717, 1.165) is 11.6 Å². The van der Waals surface area contributed by atoms with Gasteiger partial charge in [-0.05, 0) is 20.3 Å². The van der Waals surface area contributed by atoms with Crippen LogP contribution in [0.15, 0.2) is 30.3 Å². The minimum absolute atomic E-state index is 0.602. The topological polar surface area (TPSA) is 27.7 Å². The van der Waals surface area contributed by atoms with Crippen molar-refractivity contribution in [1.29, 1.82) is 0 Å². The Bertz CT molecular complexity index is 297. The fourth-order valence-electron chi connectivity index (χ4n) is 1.63. The van der Waals surface area contributed by atoms with Crippen molar-refractivity contribution in [1.82, 2.24) is 0 Å². The first-order valence-corrected chi connectivity index (χ1v) is 7.99. The Hall–Kier alpha value is -0.683. The molecule has 0 aliphatic rings. The Kier molecular flexibility index (Phi) is 6.43. The zero-order valence-electron chi connectivity index (χ0n) is 10.9. The molecule has 0 unspecified atom stereocenters. The summed E-state index contributed by atoms with van der Waals surface area (Å²) in [7, 11) is -2.69. The van der Waals surface area contributed by atoms with Gasteiger partial charge in [-0.25, -0.2) is 0 Å². The molecule has 0 aliphatic carbocycles. The summed E-state index contributed by atoms with van der Waals surface area (Å²) in [6.07, 6.45) is 0.960. The van der Waals surface area contributed by atoms with E-state index in [4.69, 9.17) is 13.3 Å². The molecule has 0 saturated heterocycles. The zero-order valence-corrected chi connectivity index (χ0v) is 11.9. The molecule has 0 amide bonds. The Morgan fingerprint density at radius 1 is 0.882 bits per heavy atom. The van der Waals surface area contributed by atoms with E-state index in [1.54, 1.807) is 0 Å². The molecule has 1 rings (SSSR count). The third-order valence-electron chi connectivity index (χ3n) is 2.29. The van der Waals surface area contributed by atoms with Crippen molar-refractivity contribution >= 4 is 14.0 Å². The van der Waals surface area contributed by atoms with E-state index in [-0.39, 0.29) is 0 Å². The average molecular weight is 254 g/mol. The number of benzene rings is 1. The van der Waals surface area contributed by atoms with Gasteiger partial charge in [0.1, 0.15) is 0 Å². The Balaban J connectivity index is 2.95. The van der Waals surface area contributed by atoms with Crippen LogP contribution in [0.2, 0.25) is 0 Å². The van der Waals surface area contributed by atoms with Gasteiger partial charge in [-0.2, -0.15) is 0 Å². The summed E-state index contributed by atoms with van der Waals surface area (Å²) in [5, 5.41) is 1.04. The van der Waals surface area contributed by atoms with Gasteiger partial charge in [-0.15, -0.1) is 0 Å². The van der Waals surface area contributed by atoms with E-state index in [1.807, 2.05) is 44.2 Å². The van der Waals surface area contributed by atoms with Gasteiger partial charge in [0.2, 0.25) is 0 Å². The molecule has 0 heterocycles. The lowest BCUT2D eigenvalue weighted by atomic mass is 10.4. The second kappa shape index (κ2) is 7.61. The van der Waals surface area contributed by atoms with E-state index >= 15 is 0 Å². The van der Waals surface area contributed by atoms with Crippen molar-refractivity contribution < 1.29 is 13.3 Å². The molecule has 0 aliphatic heterocycles. The molecule has 0 spiro atoms. The van der Waals surface area contributed by atoms with Gasteiger partial charge in [0, 0.05) is 25.0 Å². The molecule has 17 heavy (non-hydrogen) atoms. The lowest BCUT2D eigenvalue weighted by molar-refractivity contribution is 0.0815. The van der Waals surface area contributed by atoms with E-state index in [1.165, 1.54) is 0 Å². The standard InChI is InChI=1S/C13H22O3Si/c1-4-12-16-17(14-5-2,15-6-3)13-10-8-7-9-11-13/h7-11H,4-6,12H2,1-3H3. The molecule has 3 nitrogen and oxygen atoms in total. The third-order valence-corrected chi connectivity index (χ3v) is 5.25. The van der Waals surface area contributed by atoms with Gasteiger partial charge in [0.25, 0.3) is 0 Å². The fraction of sp³-hybridized carbons (Fsp3) is 0.538. The molecule has 0 atom stereocenters. The highest BCUT2D eigenvalue weighted by atomic mass is 28.4. The van der Waals surface area contributed by atoms with Crippen LogP contribution in [0.3, 0.4) is 0 Å². The summed E-state index contributed by atoms with van der Waals surface area (Å²) in [6, 6.07) is 10.0. The summed E-state index contributed by atoms with van der Waals surface area (Å²) in [5.41, 5.74) is 0. The van der Waals surface area contributed by atoms with E-state index < -0.39 is 8.80 Å². The molecular weight excluding hydrogens is 232 g/mol. The molecular formula is C13H22O3Si. The molecule has 0 bridgehead atoms. The van der Waals surface area contributed by atoms with Gasteiger partial charge in [-0.3, -0.25) is 0 Å². The van der Waals surface area contributed by atoms with Crippen LogP contribution in [-0.2, 0) is 13.3 Å². The number of rotatable bonds is 8. The van der Waals surface area contributed by atoms with Crippen LogP contribution < -0.4 is 5.19 Å². The molecule has 0 saturated carbocycles. The van der Waals surface area contributed by atoms with Crippen LogP contribution in [0.1, 0.15) is 27.2 Å². The van der Waals surface area contributed by atoms with Crippen LogP contribution in [-0.4, -0.2) is 28.6 Å². The number of hydrogen-bond acceptors (Lipinski definition) is 3. The largest absolute Gasteiger partial charge is 0.537 e. The first-order chi connectivity index (χ1) is 8.29. The van der Waals surface area contributed by atoms with Crippen LogP contribution >= 0.6 is 0 Å². The summed E-state index contributed by atoms with van der Waals surface area (Å²) < 4.78 is 17.6. The van der Waals surface area contributed by atoms with E-state index in [2.05, 4.69) is 6.92 Å². The second-order valence-electron chi connectivity index (χ2n) is 3.64. The van der Waals surface area contributed by atoms with E-state index in [9.17, 15) is 0 Å². The highest BCUT2D eigenvalue weighted by Gasteiger charge is 2.43. The molecule has 1 aromatic carbocycles. The first-order valence-electron chi connectivity index (χ1n) is 6.26. The minimum atomic E-state index is -2.69. The molecule has 0 aromatic heterocycles. The highest BCUT2D eigenvalue weighted by Crippen LogP contribution is 2.11. The predicted octanol–water partition coefficient (Wildman–Crippen LogP) is 2.33. The smallest absolute Gasteiger partial charge is 0.370 e. The SMILES string of the molecule is CCCO[Si](OCC)(OCC)c1ccccc1. The van der Waals surface area contributed by atoms with Gasteiger partial charge in [-0.1, -0.05) is 37.3 Å². The van der Waals surface area contributed by atoms with Crippen molar-refractivity contribution in [3.63, 3.8) is 0 Å². The monoisotopic (exact) mass is 254 g/mol. The summed E-state index contributed by atoms with van der Waals surface area (Å²) in [5.74, 6) is 0. The van der Waals surface area contributed by atoms with Crippen LogP contribution in [0.4, 0.5) is 0 Å². The lowest BCUT2D eigenvalue weighted by Gasteiger charge is -2.28. The third kappa shape index (κ3) is 3.92. The number of hydrogen-bond donors (Lipinski definition) is 0. The summed E-state index contributed by atoms with van der Waals surface area (Å²) in [6.45, 7) is 7.90. The van der Waals surface area contributed by atoms with Crippen molar-refractivity contribution in [2.24, 2.45) is 0 Å². The first kappa shape index (κ1) is 14.4. The lowest BCUT2D eigenvalue weighted by Crippen LogP contribution is -2.56. The van der Waals surface area contributed by atoms with Crippen LogP contribution in [0.5, 0.6) is 0 Å². The quantitative estimate of drug-likeness (QED) is 0.666. The van der Waals surface area contributed by atoms with Crippen LogP contribution in [0, 0.1) is 0 Å². The second-order valence-corrected chi connectivity index (χ2v) is 6.19. The normalized spacial score (nSPS) is 11.7. The van der Waals surface area contributed by atoms with Gasteiger partial charge in [0.15, 0.2) is 0 Å². The van der Waals surface area contributed by atoms with E-state index in [0.29, 0.717) is 19.8 Å². The van der Waals surface area contributed by atoms with Gasteiger partial charge >= 0.3 is 8.80 Å². The van der Waals surface area contributed by atoms with Crippen molar-refractivity contribution in [2.75, 3.05) is 19.8 Å². The minimum Gasteiger partial charge on any atom is -0.370 e. The van der Waals surface area contributed by atoms with Crippen molar-refractivity contribution in [3.05, 3.63) is 30.3 Å². The maximum Gasteiger partial charge on any atom is 0.537 e. The zero-order chi connectivity index (χ0) is 12.6. The average Bonchev–Trinajstić information content (AvgIpc) is 2.37.